The van der Waals surface area contributed by atoms with Gasteiger partial charge in [-0.2, -0.15) is 4.31 Å². The maximum atomic E-state index is 12.9. The Kier molecular flexibility index (Phi) is 4.71. The molecule has 124 valence electrons. The SMILES string of the molecule is CC(C)CN1CCN(S(=O)(=O)c2ccc3ccccc3c2)CC1. The molecule has 3 rings (SSSR count). The van der Waals surface area contributed by atoms with E-state index in [1.807, 2.05) is 30.3 Å². The van der Waals surface area contributed by atoms with E-state index in [1.54, 1.807) is 16.4 Å². The highest BCUT2D eigenvalue weighted by molar-refractivity contribution is 7.89. The number of hydrogen-bond donors (Lipinski definition) is 0. The summed E-state index contributed by atoms with van der Waals surface area (Å²) in [6.07, 6.45) is 0. The molecule has 1 fully saturated rings. The fourth-order valence-electron chi connectivity index (χ4n) is 3.15. The van der Waals surface area contributed by atoms with Crippen LogP contribution < -0.4 is 0 Å². The Bertz CT molecular complexity index is 778. The van der Waals surface area contributed by atoms with Crippen LogP contribution in [-0.4, -0.2) is 50.3 Å². The van der Waals surface area contributed by atoms with E-state index in [9.17, 15) is 8.42 Å². The molecule has 23 heavy (non-hydrogen) atoms. The maximum absolute atomic E-state index is 12.9. The Balaban J connectivity index is 1.78. The van der Waals surface area contributed by atoms with Gasteiger partial charge in [-0.3, -0.25) is 0 Å². The number of fused-ring (bicyclic) bond motifs is 1. The third-order valence-electron chi connectivity index (χ3n) is 4.31. The van der Waals surface area contributed by atoms with Crippen molar-refractivity contribution < 1.29 is 8.42 Å². The van der Waals surface area contributed by atoms with E-state index < -0.39 is 10.0 Å². The monoisotopic (exact) mass is 332 g/mol. The Hall–Kier alpha value is -1.43. The minimum absolute atomic E-state index is 0.397. The molecular formula is C18H24N2O2S. The Labute approximate surface area is 138 Å². The Morgan fingerprint density at radius 1 is 0.957 bits per heavy atom. The highest BCUT2D eigenvalue weighted by atomic mass is 32.2. The van der Waals surface area contributed by atoms with Crippen molar-refractivity contribution in [2.45, 2.75) is 18.7 Å². The normalized spacial score (nSPS) is 17.9. The fraction of sp³-hybridized carbons (Fsp3) is 0.444. The van der Waals surface area contributed by atoms with Gasteiger partial charge in [0.05, 0.1) is 4.90 Å². The summed E-state index contributed by atoms with van der Waals surface area (Å²) in [5.74, 6) is 0.610. The molecule has 0 amide bonds. The summed E-state index contributed by atoms with van der Waals surface area (Å²) in [6.45, 7) is 8.18. The van der Waals surface area contributed by atoms with Crippen LogP contribution in [0.2, 0.25) is 0 Å². The van der Waals surface area contributed by atoms with Crippen molar-refractivity contribution in [1.29, 1.82) is 0 Å². The van der Waals surface area contributed by atoms with Gasteiger partial charge in [-0.25, -0.2) is 8.42 Å². The first-order valence-electron chi connectivity index (χ1n) is 8.18. The van der Waals surface area contributed by atoms with Crippen LogP contribution in [0.1, 0.15) is 13.8 Å². The third-order valence-corrected chi connectivity index (χ3v) is 6.21. The van der Waals surface area contributed by atoms with Crippen molar-refractivity contribution in [3.8, 4) is 0 Å². The van der Waals surface area contributed by atoms with Crippen molar-refractivity contribution in [2.75, 3.05) is 32.7 Å². The van der Waals surface area contributed by atoms with E-state index in [1.165, 1.54) is 0 Å². The molecule has 0 N–H and O–H groups in total. The van der Waals surface area contributed by atoms with Gasteiger partial charge in [0.15, 0.2) is 0 Å². The molecule has 1 heterocycles. The maximum Gasteiger partial charge on any atom is 0.243 e. The highest BCUT2D eigenvalue weighted by Crippen LogP contribution is 2.22. The van der Waals surface area contributed by atoms with Crippen LogP contribution in [0, 0.1) is 5.92 Å². The molecule has 1 aliphatic heterocycles. The second-order valence-corrected chi connectivity index (χ2v) is 8.55. The van der Waals surface area contributed by atoms with Gasteiger partial charge in [-0.15, -0.1) is 0 Å². The molecule has 0 spiro atoms. The minimum Gasteiger partial charge on any atom is -0.300 e. The van der Waals surface area contributed by atoms with Crippen LogP contribution in [0.3, 0.4) is 0 Å². The van der Waals surface area contributed by atoms with Crippen LogP contribution >= 0.6 is 0 Å². The highest BCUT2D eigenvalue weighted by Gasteiger charge is 2.28. The molecular weight excluding hydrogens is 308 g/mol. The van der Waals surface area contributed by atoms with Gasteiger partial charge in [0.1, 0.15) is 0 Å². The predicted molar refractivity (Wildman–Crippen MR) is 94.0 cm³/mol. The summed E-state index contributed by atoms with van der Waals surface area (Å²) in [5.41, 5.74) is 0. The predicted octanol–water partition coefficient (Wildman–Crippen LogP) is 2.80. The lowest BCUT2D eigenvalue weighted by Gasteiger charge is -2.34. The van der Waals surface area contributed by atoms with Crippen molar-refractivity contribution >= 4 is 20.8 Å². The van der Waals surface area contributed by atoms with Crippen molar-refractivity contribution in [3.63, 3.8) is 0 Å². The van der Waals surface area contributed by atoms with Crippen LogP contribution in [0.25, 0.3) is 10.8 Å². The van der Waals surface area contributed by atoms with Crippen LogP contribution in [0.15, 0.2) is 47.4 Å². The molecule has 0 aliphatic carbocycles. The average Bonchev–Trinajstić information content (AvgIpc) is 2.54. The lowest BCUT2D eigenvalue weighted by atomic mass is 10.1. The van der Waals surface area contributed by atoms with Crippen molar-refractivity contribution in [2.24, 2.45) is 5.92 Å². The van der Waals surface area contributed by atoms with Gasteiger partial charge >= 0.3 is 0 Å². The first-order chi connectivity index (χ1) is 11.0. The Morgan fingerprint density at radius 2 is 1.61 bits per heavy atom. The molecule has 0 aromatic heterocycles. The molecule has 0 radical (unpaired) electrons. The molecule has 0 unspecified atom stereocenters. The molecule has 1 saturated heterocycles. The molecule has 1 aliphatic rings. The van der Waals surface area contributed by atoms with E-state index in [0.717, 1.165) is 30.4 Å². The van der Waals surface area contributed by atoms with E-state index >= 15 is 0 Å². The van der Waals surface area contributed by atoms with E-state index in [4.69, 9.17) is 0 Å². The van der Waals surface area contributed by atoms with Gasteiger partial charge < -0.3 is 4.90 Å². The van der Waals surface area contributed by atoms with Gasteiger partial charge in [0.2, 0.25) is 10.0 Å². The summed E-state index contributed by atoms with van der Waals surface area (Å²) in [5, 5.41) is 2.03. The van der Waals surface area contributed by atoms with Gasteiger partial charge in [0, 0.05) is 32.7 Å². The first kappa shape index (κ1) is 16.4. The minimum atomic E-state index is -3.40. The zero-order valence-corrected chi connectivity index (χ0v) is 14.6. The van der Waals surface area contributed by atoms with Crippen LogP contribution in [0.5, 0.6) is 0 Å². The zero-order valence-electron chi connectivity index (χ0n) is 13.8. The number of nitrogens with zero attached hydrogens (tertiary/aromatic N) is 2. The fourth-order valence-corrected chi connectivity index (χ4v) is 4.60. The summed E-state index contributed by atoms with van der Waals surface area (Å²) in [4.78, 5) is 2.74. The molecule has 0 atom stereocenters. The molecule has 2 aromatic rings. The zero-order chi connectivity index (χ0) is 16.4. The summed E-state index contributed by atoms with van der Waals surface area (Å²) in [7, 11) is -3.40. The summed E-state index contributed by atoms with van der Waals surface area (Å²) in [6, 6.07) is 13.2. The largest absolute Gasteiger partial charge is 0.300 e. The first-order valence-corrected chi connectivity index (χ1v) is 9.62. The van der Waals surface area contributed by atoms with Crippen molar-refractivity contribution in [1.82, 2.24) is 9.21 Å². The number of hydrogen-bond acceptors (Lipinski definition) is 3. The lowest BCUT2D eigenvalue weighted by molar-refractivity contribution is 0.172. The third kappa shape index (κ3) is 3.57. The molecule has 5 heteroatoms. The molecule has 0 saturated carbocycles. The van der Waals surface area contributed by atoms with Gasteiger partial charge in [-0.05, 0) is 28.8 Å². The standard InChI is InChI=1S/C18H24N2O2S/c1-15(2)14-19-9-11-20(12-10-19)23(21,22)18-8-7-16-5-3-4-6-17(16)13-18/h3-8,13,15H,9-12,14H2,1-2H3. The van der Waals surface area contributed by atoms with E-state index in [2.05, 4.69) is 18.7 Å². The summed E-state index contributed by atoms with van der Waals surface area (Å²) < 4.78 is 27.4. The Morgan fingerprint density at radius 3 is 2.26 bits per heavy atom. The average molecular weight is 332 g/mol. The lowest BCUT2D eigenvalue weighted by Crippen LogP contribution is -2.49. The van der Waals surface area contributed by atoms with Gasteiger partial charge in [-0.1, -0.05) is 44.2 Å². The number of benzene rings is 2. The molecule has 2 aromatic carbocycles. The number of piperazine rings is 1. The molecule has 0 bridgehead atoms. The molecule has 4 nitrogen and oxygen atoms in total. The van der Waals surface area contributed by atoms with Crippen LogP contribution in [-0.2, 0) is 10.0 Å². The van der Waals surface area contributed by atoms with Crippen molar-refractivity contribution in [3.05, 3.63) is 42.5 Å². The second kappa shape index (κ2) is 6.59. The second-order valence-electron chi connectivity index (χ2n) is 6.61. The van der Waals surface area contributed by atoms with Gasteiger partial charge in [0.25, 0.3) is 0 Å². The van der Waals surface area contributed by atoms with Crippen LogP contribution in [0.4, 0.5) is 0 Å². The van der Waals surface area contributed by atoms with E-state index in [-0.39, 0.29) is 0 Å². The summed E-state index contributed by atoms with van der Waals surface area (Å²) >= 11 is 0. The topological polar surface area (TPSA) is 40.6 Å². The van der Waals surface area contributed by atoms with E-state index in [0.29, 0.717) is 23.9 Å². The number of rotatable bonds is 4. The smallest absolute Gasteiger partial charge is 0.243 e. The quantitative estimate of drug-likeness (QED) is 0.864. The number of sulfonamides is 1.